The number of nitrogens with two attached hydrogens (primary N) is 1. The summed E-state index contributed by atoms with van der Waals surface area (Å²) < 4.78 is 31.8. The van der Waals surface area contributed by atoms with Crippen LogP contribution in [0.5, 0.6) is 0 Å². The van der Waals surface area contributed by atoms with E-state index >= 15 is 0 Å². The number of nitrogens with zero attached hydrogens (tertiary/aromatic N) is 2. The molecule has 6 nitrogen and oxygen atoms in total. The van der Waals surface area contributed by atoms with Crippen molar-refractivity contribution in [3.8, 4) is 0 Å². The van der Waals surface area contributed by atoms with E-state index in [-0.39, 0.29) is 11.4 Å². The van der Waals surface area contributed by atoms with E-state index in [0.29, 0.717) is 30.2 Å². The van der Waals surface area contributed by atoms with Gasteiger partial charge in [0.05, 0.1) is 0 Å². The first-order valence-corrected chi connectivity index (χ1v) is 7.55. The third kappa shape index (κ3) is 3.36. The highest BCUT2D eigenvalue weighted by Crippen LogP contribution is 2.28. The Morgan fingerprint density at radius 1 is 1.11 bits per heavy atom. The fourth-order valence-corrected chi connectivity index (χ4v) is 3.48. The zero-order valence-electron chi connectivity index (χ0n) is 12.2. The van der Waals surface area contributed by atoms with Gasteiger partial charge in [0.1, 0.15) is 16.4 Å². The van der Waals surface area contributed by atoms with Gasteiger partial charge in [-0.3, -0.25) is 0 Å². The van der Waals surface area contributed by atoms with Gasteiger partial charge in [0, 0.05) is 32.2 Å². The average Bonchev–Trinajstić information content (AvgIpc) is 2.60. The van der Waals surface area contributed by atoms with Crippen LogP contribution in [0.2, 0.25) is 0 Å². The molecule has 0 saturated carbocycles. The third-order valence-corrected chi connectivity index (χ3v) is 5.11. The lowest BCUT2D eigenvalue weighted by Crippen LogP contribution is -2.34. The minimum absolute atomic E-state index is 0.152. The predicted molar refractivity (Wildman–Crippen MR) is 74.4 cm³/mol. The molecule has 7 heteroatoms. The van der Waals surface area contributed by atoms with E-state index in [2.05, 4.69) is 0 Å². The lowest BCUT2D eigenvalue weighted by Gasteiger charge is -2.19. The SMILES string of the molecule is Cc1oc(C)c(S(=O)(=O)N(C)CCN(C)C)c1CN. The van der Waals surface area contributed by atoms with Gasteiger partial charge in [0.15, 0.2) is 0 Å². The van der Waals surface area contributed by atoms with Crippen LogP contribution in [0.25, 0.3) is 0 Å². The summed E-state index contributed by atoms with van der Waals surface area (Å²) in [6.45, 7) is 4.61. The Kier molecular flexibility index (Phi) is 5.14. The number of furan rings is 1. The van der Waals surface area contributed by atoms with Crippen LogP contribution in [0.3, 0.4) is 0 Å². The van der Waals surface area contributed by atoms with Crippen LogP contribution in [-0.4, -0.2) is 51.9 Å². The van der Waals surface area contributed by atoms with Crippen molar-refractivity contribution in [1.82, 2.24) is 9.21 Å². The minimum Gasteiger partial charge on any atom is -0.465 e. The second-order valence-electron chi connectivity index (χ2n) is 4.86. The summed E-state index contributed by atoms with van der Waals surface area (Å²) in [4.78, 5) is 2.15. The summed E-state index contributed by atoms with van der Waals surface area (Å²) in [6.07, 6.45) is 0. The number of hydrogen-bond donors (Lipinski definition) is 1. The maximum absolute atomic E-state index is 12.6. The molecule has 1 aromatic heterocycles. The normalized spacial score (nSPS) is 12.6. The van der Waals surface area contributed by atoms with E-state index < -0.39 is 10.0 Å². The maximum atomic E-state index is 12.6. The summed E-state index contributed by atoms with van der Waals surface area (Å²) in [5, 5.41) is 0. The Morgan fingerprint density at radius 2 is 1.68 bits per heavy atom. The van der Waals surface area contributed by atoms with Gasteiger partial charge < -0.3 is 15.1 Å². The lowest BCUT2D eigenvalue weighted by atomic mass is 10.2. The molecule has 0 saturated heterocycles. The van der Waals surface area contributed by atoms with Gasteiger partial charge in [-0.15, -0.1) is 0 Å². The molecule has 0 fully saturated rings. The molecule has 0 spiro atoms. The molecular weight excluding hydrogens is 266 g/mol. The third-order valence-electron chi connectivity index (χ3n) is 3.06. The average molecular weight is 289 g/mol. The van der Waals surface area contributed by atoms with Crippen LogP contribution in [0.15, 0.2) is 9.31 Å². The van der Waals surface area contributed by atoms with Gasteiger partial charge in [-0.05, 0) is 27.9 Å². The standard InChI is InChI=1S/C12H23N3O3S/c1-9-11(8-13)12(10(2)18-9)19(16,17)15(5)7-6-14(3)4/h6-8,13H2,1-5H3. The molecule has 1 rings (SSSR count). The summed E-state index contributed by atoms with van der Waals surface area (Å²) in [5.74, 6) is 0.967. The molecule has 0 unspecified atom stereocenters. The highest BCUT2D eigenvalue weighted by molar-refractivity contribution is 7.89. The summed E-state index contributed by atoms with van der Waals surface area (Å²) in [5.41, 5.74) is 6.20. The monoisotopic (exact) mass is 289 g/mol. The quantitative estimate of drug-likeness (QED) is 0.826. The Labute approximate surface area is 115 Å². The van der Waals surface area contributed by atoms with Crippen molar-refractivity contribution in [2.75, 3.05) is 34.2 Å². The molecule has 0 aliphatic heterocycles. The van der Waals surface area contributed by atoms with Crippen molar-refractivity contribution >= 4 is 10.0 Å². The maximum Gasteiger partial charge on any atom is 0.246 e. The first-order valence-electron chi connectivity index (χ1n) is 6.11. The largest absolute Gasteiger partial charge is 0.465 e. The summed E-state index contributed by atoms with van der Waals surface area (Å²) >= 11 is 0. The van der Waals surface area contributed by atoms with Crippen LogP contribution in [-0.2, 0) is 16.6 Å². The first-order chi connectivity index (χ1) is 8.71. The lowest BCUT2D eigenvalue weighted by molar-refractivity contribution is 0.358. The molecule has 19 heavy (non-hydrogen) atoms. The van der Waals surface area contributed by atoms with Crippen molar-refractivity contribution in [3.05, 3.63) is 17.1 Å². The number of likely N-dealkylation sites (N-methyl/N-ethyl adjacent to an activating group) is 2. The van der Waals surface area contributed by atoms with Crippen molar-refractivity contribution < 1.29 is 12.8 Å². The molecule has 0 atom stereocenters. The van der Waals surface area contributed by atoms with E-state index in [1.54, 1.807) is 20.9 Å². The number of rotatable bonds is 6. The smallest absolute Gasteiger partial charge is 0.246 e. The van der Waals surface area contributed by atoms with Crippen LogP contribution in [0.1, 0.15) is 17.1 Å². The Balaban J connectivity index is 3.13. The number of aryl methyl sites for hydroxylation is 2. The summed E-state index contributed by atoms with van der Waals surface area (Å²) in [7, 11) is 1.82. The van der Waals surface area contributed by atoms with Crippen LogP contribution < -0.4 is 5.73 Å². The molecular formula is C12H23N3O3S. The first kappa shape index (κ1) is 16.2. The summed E-state index contributed by atoms with van der Waals surface area (Å²) in [6, 6.07) is 0. The zero-order valence-corrected chi connectivity index (χ0v) is 13.0. The molecule has 0 aromatic carbocycles. The number of sulfonamides is 1. The van der Waals surface area contributed by atoms with E-state index in [1.807, 2.05) is 19.0 Å². The topological polar surface area (TPSA) is 79.8 Å². The van der Waals surface area contributed by atoms with Gasteiger partial charge in [-0.2, -0.15) is 4.31 Å². The molecule has 1 aromatic rings. The van der Waals surface area contributed by atoms with Gasteiger partial charge in [-0.25, -0.2) is 8.42 Å². The molecule has 110 valence electrons. The highest BCUT2D eigenvalue weighted by Gasteiger charge is 2.29. The van der Waals surface area contributed by atoms with Crippen LogP contribution in [0, 0.1) is 13.8 Å². The van der Waals surface area contributed by atoms with Gasteiger partial charge in [0.2, 0.25) is 10.0 Å². The second-order valence-corrected chi connectivity index (χ2v) is 6.84. The number of hydrogen-bond acceptors (Lipinski definition) is 5. The molecule has 0 amide bonds. The Bertz CT molecular complexity index is 535. The van der Waals surface area contributed by atoms with Gasteiger partial charge in [0.25, 0.3) is 0 Å². The van der Waals surface area contributed by atoms with E-state index in [0.717, 1.165) is 0 Å². The van der Waals surface area contributed by atoms with Crippen molar-refractivity contribution in [2.24, 2.45) is 5.73 Å². The van der Waals surface area contributed by atoms with E-state index in [9.17, 15) is 8.42 Å². The Morgan fingerprint density at radius 3 is 2.16 bits per heavy atom. The fraction of sp³-hybridized carbons (Fsp3) is 0.667. The molecule has 1 heterocycles. The van der Waals surface area contributed by atoms with Crippen molar-refractivity contribution in [1.29, 1.82) is 0 Å². The molecule has 0 bridgehead atoms. The van der Waals surface area contributed by atoms with Crippen molar-refractivity contribution in [2.45, 2.75) is 25.3 Å². The van der Waals surface area contributed by atoms with Crippen LogP contribution in [0.4, 0.5) is 0 Å². The van der Waals surface area contributed by atoms with E-state index in [4.69, 9.17) is 10.2 Å². The minimum atomic E-state index is -3.55. The molecule has 0 radical (unpaired) electrons. The zero-order chi connectivity index (χ0) is 14.8. The molecule has 2 N–H and O–H groups in total. The van der Waals surface area contributed by atoms with Gasteiger partial charge >= 0.3 is 0 Å². The molecule has 0 aliphatic rings. The van der Waals surface area contributed by atoms with E-state index in [1.165, 1.54) is 4.31 Å². The van der Waals surface area contributed by atoms with Gasteiger partial charge in [-0.1, -0.05) is 0 Å². The Hall–Kier alpha value is -0.890. The molecule has 0 aliphatic carbocycles. The highest BCUT2D eigenvalue weighted by atomic mass is 32.2. The van der Waals surface area contributed by atoms with Crippen molar-refractivity contribution in [3.63, 3.8) is 0 Å². The van der Waals surface area contributed by atoms with Crippen LogP contribution >= 0.6 is 0 Å². The fourth-order valence-electron chi connectivity index (χ4n) is 1.90. The predicted octanol–water partition coefficient (Wildman–Crippen LogP) is 0.537. The second kappa shape index (κ2) is 6.04.